The number of nitrogens with one attached hydrogen (secondary N) is 1. The smallest absolute Gasteiger partial charge is 0.262 e. The van der Waals surface area contributed by atoms with E-state index in [1.165, 1.54) is 0 Å². The first kappa shape index (κ1) is 18.2. The second-order valence-electron chi connectivity index (χ2n) is 5.73. The number of anilines is 1. The summed E-state index contributed by atoms with van der Waals surface area (Å²) in [6, 6.07) is 20.4. The van der Waals surface area contributed by atoms with Gasteiger partial charge in [-0.1, -0.05) is 24.3 Å². The second-order valence-corrected chi connectivity index (χ2v) is 5.73. The summed E-state index contributed by atoms with van der Waals surface area (Å²) in [6.45, 7) is -0.0691. The van der Waals surface area contributed by atoms with E-state index in [1.807, 2.05) is 54.6 Å². The first-order chi connectivity index (χ1) is 13.2. The van der Waals surface area contributed by atoms with E-state index in [2.05, 4.69) is 10.3 Å². The Bertz CT molecular complexity index is 906. The number of amides is 1. The first-order valence-electron chi connectivity index (χ1n) is 8.49. The van der Waals surface area contributed by atoms with Crippen LogP contribution < -0.4 is 14.8 Å². The van der Waals surface area contributed by atoms with E-state index in [4.69, 9.17) is 9.47 Å². The number of nitrogens with zero attached hydrogens (tertiary/aromatic N) is 1. The van der Waals surface area contributed by atoms with Crippen LogP contribution in [0.2, 0.25) is 0 Å². The number of hydrogen-bond acceptors (Lipinski definition) is 4. The number of rotatable bonds is 7. The van der Waals surface area contributed by atoms with Crippen LogP contribution >= 0.6 is 0 Å². The summed E-state index contributed by atoms with van der Waals surface area (Å²) in [5.74, 6) is 1.12. The summed E-state index contributed by atoms with van der Waals surface area (Å²) in [5, 5.41) is 2.84. The summed E-state index contributed by atoms with van der Waals surface area (Å²) >= 11 is 0. The topological polar surface area (TPSA) is 60.5 Å². The third kappa shape index (κ3) is 5.71. The van der Waals surface area contributed by atoms with Gasteiger partial charge in [-0.25, -0.2) is 0 Å². The molecule has 0 saturated carbocycles. The quantitative estimate of drug-likeness (QED) is 0.683. The van der Waals surface area contributed by atoms with E-state index in [0.29, 0.717) is 11.4 Å². The van der Waals surface area contributed by atoms with Crippen LogP contribution in [0.3, 0.4) is 0 Å². The molecule has 2 aromatic carbocycles. The zero-order chi connectivity index (χ0) is 18.9. The third-order valence-corrected chi connectivity index (χ3v) is 3.73. The molecule has 3 aromatic rings. The summed E-state index contributed by atoms with van der Waals surface area (Å²) in [6.07, 6.45) is 5.62. The van der Waals surface area contributed by atoms with Crippen molar-refractivity contribution < 1.29 is 14.3 Å². The molecule has 0 radical (unpaired) electrons. The average molecular weight is 360 g/mol. The maximum Gasteiger partial charge on any atom is 0.262 e. The number of carbonyl (C=O) groups excluding carboxylic acids is 1. The standard InChI is InChI=1S/C22H20N2O3/c1-26-20-10-12-21(13-11-20)27-16-22(25)24-19-7-4-5-17(15-19)8-9-18-6-2-3-14-23-18/h2-15H,16H2,1H3,(H,24,25)/b9-8+. The Hall–Kier alpha value is -3.60. The van der Waals surface area contributed by atoms with Crippen LogP contribution in [0.1, 0.15) is 11.3 Å². The predicted molar refractivity (Wildman–Crippen MR) is 107 cm³/mol. The summed E-state index contributed by atoms with van der Waals surface area (Å²) in [7, 11) is 1.60. The lowest BCUT2D eigenvalue weighted by Gasteiger charge is -2.08. The van der Waals surface area contributed by atoms with E-state index in [9.17, 15) is 4.79 Å². The molecule has 27 heavy (non-hydrogen) atoms. The number of pyridine rings is 1. The second kappa shape index (κ2) is 9.20. The molecule has 0 unspecified atom stereocenters. The Morgan fingerprint density at radius 1 is 1.00 bits per heavy atom. The van der Waals surface area contributed by atoms with Crippen molar-refractivity contribution in [2.45, 2.75) is 0 Å². The molecule has 0 aliphatic rings. The highest BCUT2D eigenvalue weighted by atomic mass is 16.5. The molecule has 0 atom stereocenters. The van der Waals surface area contributed by atoms with Gasteiger partial charge in [0.05, 0.1) is 12.8 Å². The molecular weight excluding hydrogens is 340 g/mol. The van der Waals surface area contributed by atoms with Crippen molar-refractivity contribution in [3.05, 3.63) is 84.2 Å². The van der Waals surface area contributed by atoms with Crippen molar-refractivity contribution in [3.8, 4) is 11.5 Å². The Kier molecular flexibility index (Phi) is 6.20. The van der Waals surface area contributed by atoms with Crippen LogP contribution in [-0.2, 0) is 4.79 Å². The third-order valence-electron chi connectivity index (χ3n) is 3.73. The van der Waals surface area contributed by atoms with Gasteiger partial charge in [0.15, 0.2) is 6.61 Å². The molecule has 0 aliphatic heterocycles. The highest BCUT2D eigenvalue weighted by Gasteiger charge is 2.04. The molecule has 1 N–H and O–H groups in total. The lowest BCUT2D eigenvalue weighted by molar-refractivity contribution is -0.118. The van der Waals surface area contributed by atoms with Gasteiger partial charge in [-0.2, -0.15) is 0 Å². The van der Waals surface area contributed by atoms with Crippen molar-refractivity contribution in [1.29, 1.82) is 0 Å². The van der Waals surface area contributed by atoms with Gasteiger partial charge in [-0.05, 0) is 60.2 Å². The number of methoxy groups -OCH3 is 1. The summed E-state index contributed by atoms with van der Waals surface area (Å²) < 4.78 is 10.6. The molecular formula is C22H20N2O3. The van der Waals surface area contributed by atoms with Crippen LogP contribution in [0, 0.1) is 0 Å². The van der Waals surface area contributed by atoms with E-state index >= 15 is 0 Å². The van der Waals surface area contributed by atoms with Crippen molar-refractivity contribution in [2.75, 3.05) is 19.0 Å². The highest BCUT2D eigenvalue weighted by Crippen LogP contribution is 2.17. The minimum Gasteiger partial charge on any atom is -0.497 e. The van der Waals surface area contributed by atoms with Gasteiger partial charge in [0.1, 0.15) is 11.5 Å². The van der Waals surface area contributed by atoms with Crippen LogP contribution in [0.15, 0.2) is 72.9 Å². The molecule has 136 valence electrons. The van der Waals surface area contributed by atoms with Crippen molar-refractivity contribution >= 4 is 23.7 Å². The van der Waals surface area contributed by atoms with E-state index in [0.717, 1.165) is 17.0 Å². The van der Waals surface area contributed by atoms with Crippen LogP contribution in [0.25, 0.3) is 12.2 Å². The first-order valence-corrected chi connectivity index (χ1v) is 8.49. The number of ether oxygens (including phenoxy) is 2. The molecule has 0 saturated heterocycles. The number of hydrogen-bond donors (Lipinski definition) is 1. The molecule has 1 amide bonds. The van der Waals surface area contributed by atoms with Gasteiger partial charge in [0, 0.05) is 11.9 Å². The predicted octanol–water partition coefficient (Wildman–Crippen LogP) is 4.28. The maximum atomic E-state index is 12.1. The Balaban J connectivity index is 1.55. The number of carbonyl (C=O) groups is 1. The lowest BCUT2D eigenvalue weighted by atomic mass is 10.1. The van der Waals surface area contributed by atoms with Gasteiger partial charge in [-0.3, -0.25) is 9.78 Å². The highest BCUT2D eigenvalue weighted by molar-refractivity contribution is 5.92. The fourth-order valence-electron chi connectivity index (χ4n) is 2.39. The fourth-order valence-corrected chi connectivity index (χ4v) is 2.39. The fraction of sp³-hybridized carbons (Fsp3) is 0.0909. The van der Waals surface area contributed by atoms with Gasteiger partial charge in [0.2, 0.25) is 0 Å². The van der Waals surface area contributed by atoms with Crippen LogP contribution in [0.5, 0.6) is 11.5 Å². The van der Waals surface area contributed by atoms with Gasteiger partial charge >= 0.3 is 0 Å². The van der Waals surface area contributed by atoms with Crippen molar-refractivity contribution in [1.82, 2.24) is 4.98 Å². The van der Waals surface area contributed by atoms with Gasteiger partial charge in [0.25, 0.3) is 5.91 Å². The Morgan fingerprint density at radius 2 is 1.81 bits per heavy atom. The maximum absolute atomic E-state index is 12.1. The van der Waals surface area contributed by atoms with Crippen molar-refractivity contribution in [3.63, 3.8) is 0 Å². The van der Waals surface area contributed by atoms with Crippen molar-refractivity contribution in [2.24, 2.45) is 0 Å². The zero-order valence-corrected chi connectivity index (χ0v) is 15.0. The zero-order valence-electron chi connectivity index (χ0n) is 15.0. The van der Waals surface area contributed by atoms with E-state index < -0.39 is 0 Å². The molecule has 0 bridgehead atoms. The number of aromatic nitrogens is 1. The lowest BCUT2D eigenvalue weighted by Crippen LogP contribution is -2.20. The minimum atomic E-state index is -0.225. The molecule has 0 fully saturated rings. The van der Waals surface area contributed by atoms with Gasteiger partial charge < -0.3 is 14.8 Å². The minimum absolute atomic E-state index is 0.0691. The molecule has 0 aliphatic carbocycles. The van der Waals surface area contributed by atoms with Gasteiger partial charge in [-0.15, -0.1) is 0 Å². The number of benzene rings is 2. The Labute approximate surface area is 158 Å². The van der Waals surface area contributed by atoms with Crippen LogP contribution in [-0.4, -0.2) is 24.6 Å². The molecule has 0 spiro atoms. The monoisotopic (exact) mass is 360 g/mol. The molecule has 1 heterocycles. The molecule has 3 rings (SSSR count). The average Bonchev–Trinajstić information content (AvgIpc) is 2.72. The summed E-state index contributed by atoms with van der Waals surface area (Å²) in [5.41, 5.74) is 2.55. The van der Waals surface area contributed by atoms with Crippen LogP contribution in [0.4, 0.5) is 5.69 Å². The Morgan fingerprint density at radius 3 is 2.56 bits per heavy atom. The van der Waals surface area contributed by atoms with E-state index in [1.54, 1.807) is 37.6 Å². The SMILES string of the molecule is COc1ccc(OCC(=O)Nc2cccc(/C=C/c3ccccn3)c2)cc1. The van der Waals surface area contributed by atoms with E-state index in [-0.39, 0.29) is 12.5 Å². The molecule has 5 nitrogen and oxygen atoms in total. The largest absolute Gasteiger partial charge is 0.497 e. The molecule has 1 aromatic heterocycles. The summed E-state index contributed by atoms with van der Waals surface area (Å²) in [4.78, 5) is 16.4. The molecule has 5 heteroatoms. The normalized spacial score (nSPS) is 10.6.